The number of hydrogen-bond donors (Lipinski definition) is 1. The molecule has 0 fully saturated rings. The summed E-state index contributed by atoms with van der Waals surface area (Å²) in [7, 11) is 0. The Morgan fingerprint density at radius 1 is 1.00 bits per heavy atom. The van der Waals surface area contributed by atoms with Crippen molar-refractivity contribution < 1.29 is 17.6 Å². The molecule has 0 aromatic heterocycles. The quantitative estimate of drug-likeness (QED) is 0.377. The van der Waals surface area contributed by atoms with Crippen molar-refractivity contribution in [1.82, 2.24) is 0 Å². The number of anilines is 1. The minimum atomic E-state index is -4.58. The second-order valence-electron chi connectivity index (χ2n) is 4.35. The molecular weight excluding hydrogens is 379 g/mol. The molecule has 2 aromatic rings. The zero-order valence-electron chi connectivity index (χ0n) is 11.1. The van der Waals surface area contributed by atoms with Gasteiger partial charge in [-0.2, -0.15) is 18.3 Å². The van der Waals surface area contributed by atoms with Gasteiger partial charge in [0.1, 0.15) is 5.82 Å². The highest BCUT2D eigenvalue weighted by atomic mass is 35.5. The monoisotopic (exact) mass is 384 g/mol. The first-order valence-electron chi connectivity index (χ1n) is 5.99. The average Bonchev–Trinajstić information content (AvgIpc) is 2.42. The van der Waals surface area contributed by atoms with Gasteiger partial charge >= 0.3 is 6.18 Å². The summed E-state index contributed by atoms with van der Waals surface area (Å²) in [6.45, 7) is 0. The number of rotatable bonds is 3. The maximum absolute atomic E-state index is 13.5. The predicted molar refractivity (Wildman–Crippen MR) is 84.1 cm³/mol. The molecule has 0 spiro atoms. The summed E-state index contributed by atoms with van der Waals surface area (Å²) in [4.78, 5) is 0. The van der Waals surface area contributed by atoms with Gasteiger partial charge in [0, 0.05) is 10.6 Å². The normalized spacial score (nSPS) is 12.0. The van der Waals surface area contributed by atoms with Crippen LogP contribution in [0.15, 0.2) is 35.4 Å². The maximum Gasteiger partial charge on any atom is 0.416 e. The Morgan fingerprint density at radius 3 is 2.17 bits per heavy atom. The van der Waals surface area contributed by atoms with E-state index >= 15 is 0 Å². The molecule has 2 nitrogen and oxygen atoms in total. The number of halogens is 7. The van der Waals surface area contributed by atoms with Gasteiger partial charge in [0.25, 0.3) is 0 Å². The molecule has 9 heteroatoms. The van der Waals surface area contributed by atoms with Crippen molar-refractivity contribution in [3.05, 3.63) is 62.3 Å². The van der Waals surface area contributed by atoms with E-state index in [9.17, 15) is 17.6 Å². The topological polar surface area (TPSA) is 24.4 Å². The summed E-state index contributed by atoms with van der Waals surface area (Å²) >= 11 is 17.6. The first-order chi connectivity index (χ1) is 10.7. The van der Waals surface area contributed by atoms with Crippen LogP contribution in [0.1, 0.15) is 11.1 Å². The minimum absolute atomic E-state index is 0.157. The van der Waals surface area contributed by atoms with Crippen LogP contribution in [0.4, 0.5) is 23.2 Å². The van der Waals surface area contributed by atoms with Crippen LogP contribution in [-0.4, -0.2) is 6.21 Å². The van der Waals surface area contributed by atoms with E-state index < -0.39 is 17.6 Å². The van der Waals surface area contributed by atoms with Crippen LogP contribution in [-0.2, 0) is 6.18 Å². The Kier molecular flexibility index (Phi) is 5.39. The molecule has 0 bridgehead atoms. The van der Waals surface area contributed by atoms with Gasteiger partial charge in [-0.3, -0.25) is 5.43 Å². The van der Waals surface area contributed by atoms with Crippen molar-refractivity contribution in [2.75, 3.05) is 5.43 Å². The molecule has 0 aliphatic rings. The Balaban J connectivity index is 2.25. The van der Waals surface area contributed by atoms with E-state index in [-0.39, 0.29) is 21.3 Å². The second kappa shape index (κ2) is 6.95. The molecule has 0 radical (unpaired) electrons. The van der Waals surface area contributed by atoms with Crippen molar-refractivity contribution in [1.29, 1.82) is 0 Å². The lowest BCUT2D eigenvalue weighted by Gasteiger charge is -2.08. The molecule has 0 atom stereocenters. The summed E-state index contributed by atoms with van der Waals surface area (Å²) in [6, 6.07) is 4.81. The highest BCUT2D eigenvalue weighted by Gasteiger charge is 2.30. The summed E-state index contributed by atoms with van der Waals surface area (Å²) in [5, 5.41) is 4.27. The molecule has 1 N–H and O–H groups in total. The van der Waals surface area contributed by atoms with Crippen LogP contribution in [0, 0.1) is 5.82 Å². The summed E-state index contributed by atoms with van der Waals surface area (Å²) in [5.41, 5.74) is 1.31. The van der Waals surface area contributed by atoms with E-state index in [0.29, 0.717) is 23.2 Å². The lowest BCUT2D eigenvalue weighted by molar-refractivity contribution is -0.137. The molecule has 2 rings (SSSR count). The molecule has 23 heavy (non-hydrogen) atoms. The lowest BCUT2D eigenvalue weighted by Crippen LogP contribution is -2.06. The van der Waals surface area contributed by atoms with Gasteiger partial charge in [0.05, 0.1) is 27.5 Å². The van der Waals surface area contributed by atoms with Crippen molar-refractivity contribution in [2.45, 2.75) is 6.18 Å². The Bertz CT molecular complexity index is 737. The standard InChI is InChI=1S/C14H7Cl3F4N2/c15-9-4-10(16)13(11(17)5-9)23-22-6-7-3-8(14(19,20)21)1-2-12(7)18/h1-6,23H. The third-order valence-electron chi connectivity index (χ3n) is 2.71. The molecule has 2 aromatic carbocycles. The minimum Gasteiger partial charge on any atom is -0.275 e. The zero-order valence-corrected chi connectivity index (χ0v) is 13.3. The van der Waals surface area contributed by atoms with E-state index in [1.807, 2.05) is 0 Å². The summed E-state index contributed by atoms with van der Waals surface area (Å²) in [5.74, 6) is -0.850. The fraction of sp³-hybridized carbons (Fsp3) is 0.0714. The molecule has 0 aliphatic carbocycles. The van der Waals surface area contributed by atoms with Crippen LogP contribution in [0.2, 0.25) is 15.1 Å². The van der Waals surface area contributed by atoms with Gasteiger partial charge < -0.3 is 0 Å². The van der Waals surface area contributed by atoms with E-state index in [1.165, 1.54) is 12.1 Å². The average molecular weight is 386 g/mol. The van der Waals surface area contributed by atoms with Gasteiger partial charge in [0.15, 0.2) is 0 Å². The van der Waals surface area contributed by atoms with E-state index in [1.54, 1.807) is 0 Å². The Labute approximate surface area is 143 Å². The second-order valence-corrected chi connectivity index (χ2v) is 5.60. The maximum atomic E-state index is 13.5. The van der Waals surface area contributed by atoms with Crippen LogP contribution >= 0.6 is 34.8 Å². The highest BCUT2D eigenvalue weighted by molar-refractivity contribution is 6.41. The third-order valence-corrected chi connectivity index (χ3v) is 3.52. The fourth-order valence-corrected chi connectivity index (χ4v) is 2.54. The van der Waals surface area contributed by atoms with Crippen LogP contribution in [0.3, 0.4) is 0 Å². The molecule has 0 heterocycles. The molecule has 0 unspecified atom stereocenters. The van der Waals surface area contributed by atoms with Gasteiger partial charge in [0.2, 0.25) is 0 Å². The number of benzene rings is 2. The van der Waals surface area contributed by atoms with Gasteiger partial charge in [-0.25, -0.2) is 4.39 Å². The summed E-state index contributed by atoms with van der Waals surface area (Å²) in [6.07, 6.45) is -3.68. The Hall–Kier alpha value is -1.50. The molecule has 122 valence electrons. The largest absolute Gasteiger partial charge is 0.416 e. The van der Waals surface area contributed by atoms with Gasteiger partial charge in [-0.1, -0.05) is 34.8 Å². The number of alkyl halides is 3. The highest BCUT2D eigenvalue weighted by Crippen LogP contribution is 2.33. The molecule has 0 amide bonds. The number of hydrazone groups is 1. The van der Waals surface area contributed by atoms with Crippen molar-refractivity contribution >= 4 is 46.7 Å². The molecule has 0 saturated heterocycles. The van der Waals surface area contributed by atoms with Crippen LogP contribution in [0.5, 0.6) is 0 Å². The third kappa shape index (κ3) is 4.50. The molecular formula is C14H7Cl3F4N2. The predicted octanol–water partition coefficient (Wildman–Crippen LogP) is 6.25. The van der Waals surface area contributed by atoms with Crippen LogP contribution in [0.25, 0.3) is 0 Å². The van der Waals surface area contributed by atoms with E-state index in [2.05, 4.69) is 10.5 Å². The Morgan fingerprint density at radius 2 is 1.61 bits per heavy atom. The number of hydrogen-bond acceptors (Lipinski definition) is 2. The van der Waals surface area contributed by atoms with E-state index in [0.717, 1.165) is 6.21 Å². The smallest absolute Gasteiger partial charge is 0.275 e. The molecule has 0 aliphatic heterocycles. The lowest BCUT2D eigenvalue weighted by atomic mass is 10.1. The molecule has 0 saturated carbocycles. The number of nitrogens with one attached hydrogen (secondary N) is 1. The first kappa shape index (κ1) is 17.8. The SMILES string of the molecule is Fc1ccc(C(F)(F)F)cc1C=NNc1c(Cl)cc(Cl)cc1Cl. The van der Waals surface area contributed by atoms with Crippen molar-refractivity contribution in [3.8, 4) is 0 Å². The fourth-order valence-electron chi connectivity index (χ4n) is 1.63. The van der Waals surface area contributed by atoms with E-state index in [4.69, 9.17) is 34.8 Å². The van der Waals surface area contributed by atoms with Gasteiger partial charge in [-0.15, -0.1) is 0 Å². The van der Waals surface area contributed by atoms with Gasteiger partial charge in [-0.05, 0) is 30.3 Å². The van der Waals surface area contributed by atoms with Crippen molar-refractivity contribution in [2.24, 2.45) is 5.10 Å². The van der Waals surface area contributed by atoms with Crippen molar-refractivity contribution in [3.63, 3.8) is 0 Å². The summed E-state index contributed by atoms with van der Waals surface area (Å²) < 4.78 is 51.3. The van der Waals surface area contributed by atoms with Crippen LogP contribution < -0.4 is 5.43 Å². The number of nitrogens with zero attached hydrogens (tertiary/aromatic N) is 1. The first-order valence-corrected chi connectivity index (χ1v) is 7.12. The zero-order chi connectivity index (χ0) is 17.2.